The molecule has 0 spiro atoms. The first-order chi connectivity index (χ1) is 22.4. The molecule has 234 valence electrons. The summed E-state index contributed by atoms with van der Waals surface area (Å²) < 4.78 is 29.3. The number of nitrogens with one attached hydrogen (secondary N) is 1. The molecule has 2 aliphatic rings. The summed E-state index contributed by atoms with van der Waals surface area (Å²) in [4.78, 5) is 48.6. The molecule has 46 heavy (non-hydrogen) atoms. The standard InChI is InChI=1S/C35H32FN5O5/c1-39(12-9-24-8-4-5-11-37-24)35(44)26-21-41-28-18-22-6-2-3-7-23(22)19-29(28)46-34-31(27(36)20-25(32(34)41)33(26)43)38-30(42)10-13-40-14-16-45-17-15-40/h2-8,11,18-21H,9-10,12-17H2,1H3,(H,38,42). The number of hydrogen-bond acceptors (Lipinski definition) is 7. The monoisotopic (exact) mass is 621 g/mol. The van der Waals surface area contributed by atoms with E-state index >= 15 is 4.39 Å². The number of aromatic nitrogens is 2. The SMILES string of the molecule is CN(CCc1ccccn1)C(=O)c1cn2c3c(c(NC(=O)CCN4CCOCC4)c(F)cc3c1=O)Oc1cc3ccccc3cc1-2. The van der Waals surface area contributed by atoms with E-state index in [0.29, 0.717) is 44.2 Å². The van der Waals surface area contributed by atoms with Crippen LogP contribution in [0.2, 0.25) is 0 Å². The summed E-state index contributed by atoms with van der Waals surface area (Å²) in [6.07, 6.45) is 3.82. The number of halogens is 1. The molecule has 0 unspecified atom stereocenters. The summed E-state index contributed by atoms with van der Waals surface area (Å²) in [5.41, 5.74) is 0.779. The fourth-order valence-corrected chi connectivity index (χ4v) is 5.99. The highest BCUT2D eigenvalue weighted by Gasteiger charge is 2.30. The predicted molar refractivity (Wildman–Crippen MR) is 172 cm³/mol. The van der Waals surface area contributed by atoms with Crippen molar-refractivity contribution in [3.05, 3.63) is 100 Å². The summed E-state index contributed by atoms with van der Waals surface area (Å²) in [6.45, 7) is 3.49. The molecule has 4 heterocycles. The number of rotatable bonds is 8. The zero-order chi connectivity index (χ0) is 31.8. The Labute approximate surface area is 264 Å². The number of likely N-dealkylation sites (N-methyl/N-ethyl adjacent to an activating group) is 1. The number of pyridine rings is 2. The van der Waals surface area contributed by atoms with E-state index in [1.54, 1.807) is 17.8 Å². The lowest BCUT2D eigenvalue weighted by molar-refractivity contribution is -0.116. The maximum atomic E-state index is 15.9. The molecule has 2 aliphatic heterocycles. The second-order valence-electron chi connectivity index (χ2n) is 11.5. The molecule has 0 radical (unpaired) electrons. The third kappa shape index (κ3) is 5.59. The van der Waals surface area contributed by atoms with E-state index < -0.39 is 17.2 Å². The van der Waals surface area contributed by atoms with E-state index in [9.17, 15) is 14.4 Å². The fraction of sp³-hybridized carbons (Fsp3) is 0.257. The van der Waals surface area contributed by atoms with E-state index in [4.69, 9.17) is 9.47 Å². The van der Waals surface area contributed by atoms with Gasteiger partial charge in [0, 0.05) is 64.2 Å². The van der Waals surface area contributed by atoms with Crippen molar-refractivity contribution in [3.63, 3.8) is 0 Å². The van der Waals surface area contributed by atoms with Crippen molar-refractivity contribution in [1.82, 2.24) is 19.4 Å². The van der Waals surface area contributed by atoms with Crippen LogP contribution in [0, 0.1) is 5.82 Å². The maximum absolute atomic E-state index is 15.9. The Balaban J connectivity index is 1.30. The minimum Gasteiger partial charge on any atom is -0.451 e. The number of hydrogen-bond donors (Lipinski definition) is 1. The Hall–Kier alpha value is -5.13. The summed E-state index contributed by atoms with van der Waals surface area (Å²) in [7, 11) is 1.62. The van der Waals surface area contributed by atoms with Gasteiger partial charge in [-0.05, 0) is 41.1 Å². The third-order valence-electron chi connectivity index (χ3n) is 8.52. The summed E-state index contributed by atoms with van der Waals surface area (Å²) in [5.74, 6) is -1.31. The Bertz CT molecular complexity index is 2040. The first-order valence-electron chi connectivity index (χ1n) is 15.3. The molecule has 0 saturated carbocycles. The zero-order valence-corrected chi connectivity index (χ0v) is 25.3. The Morgan fingerprint density at radius 2 is 1.80 bits per heavy atom. The first-order valence-corrected chi connectivity index (χ1v) is 15.3. The molecular formula is C35H32FN5O5. The maximum Gasteiger partial charge on any atom is 0.259 e. The number of carbonyl (C=O) groups excluding carboxylic acids is 2. The van der Waals surface area contributed by atoms with Crippen LogP contribution in [0.3, 0.4) is 0 Å². The van der Waals surface area contributed by atoms with Gasteiger partial charge in [0.25, 0.3) is 5.91 Å². The molecule has 5 aromatic rings. The van der Waals surface area contributed by atoms with Gasteiger partial charge in [0.2, 0.25) is 11.3 Å². The number of ether oxygens (including phenoxy) is 2. The van der Waals surface area contributed by atoms with Gasteiger partial charge in [0.1, 0.15) is 16.8 Å². The molecule has 3 aromatic carbocycles. The van der Waals surface area contributed by atoms with Crippen LogP contribution in [0.5, 0.6) is 11.5 Å². The third-order valence-corrected chi connectivity index (χ3v) is 8.52. The zero-order valence-electron chi connectivity index (χ0n) is 25.3. The van der Waals surface area contributed by atoms with Crippen molar-refractivity contribution in [2.24, 2.45) is 0 Å². The Morgan fingerprint density at radius 1 is 1.04 bits per heavy atom. The van der Waals surface area contributed by atoms with Gasteiger partial charge in [-0.1, -0.05) is 30.3 Å². The molecule has 1 N–H and O–H groups in total. The average molecular weight is 622 g/mol. The lowest BCUT2D eigenvalue weighted by Crippen LogP contribution is -2.38. The molecule has 0 atom stereocenters. The largest absolute Gasteiger partial charge is 0.451 e. The lowest BCUT2D eigenvalue weighted by atomic mass is 10.0. The van der Waals surface area contributed by atoms with Crippen LogP contribution in [0.4, 0.5) is 10.1 Å². The molecule has 2 amide bonds. The number of anilines is 1. The topological polar surface area (TPSA) is 106 Å². The van der Waals surface area contributed by atoms with Gasteiger partial charge >= 0.3 is 0 Å². The number of amides is 2. The highest BCUT2D eigenvalue weighted by atomic mass is 19.1. The molecule has 1 saturated heterocycles. The molecule has 11 heteroatoms. The molecule has 0 aliphatic carbocycles. The van der Waals surface area contributed by atoms with Crippen molar-refractivity contribution in [2.75, 3.05) is 51.8 Å². The van der Waals surface area contributed by atoms with Crippen LogP contribution < -0.4 is 15.5 Å². The predicted octanol–water partition coefficient (Wildman–Crippen LogP) is 4.76. The summed E-state index contributed by atoms with van der Waals surface area (Å²) >= 11 is 0. The number of morpholine rings is 1. The van der Waals surface area contributed by atoms with Gasteiger partial charge < -0.3 is 24.3 Å². The van der Waals surface area contributed by atoms with Gasteiger partial charge in [-0.3, -0.25) is 24.3 Å². The van der Waals surface area contributed by atoms with E-state index in [1.165, 1.54) is 11.1 Å². The second-order valence-corrected chi connectivity index (χ2v) is 11.5. The van der Waals surface area contributed by atoms with Crippen LogP contribution in [-0.4, -0.2) is 77.6 Å². The Kier molecular flexibility index (Phi) is 7.93. The number of nitrogens with zero attached hydrogens (tertiary/aromatic N) is 4. The second kappa shape index (κ2) is 12.3. The van der Waals surface area contributed by atoms with Crippen LogP contribution in [-0.2, 0) is 16.0 Å². The van der Waals surface area contributed by atoms with Gasteiger partial charge in [0.05, 0.1) is 24.3 Å². The van der Waals surface area contributed by atoms with Crippen LogP contribution in [0.15, 0.2) is 77.9 Å². The highest BCUT2D eigenvalue weighted by Crippen LogP contribution is 2.46. The quantitative estimate of drug-likeness (QED) is 0.261. The van der Waals surface area contributed by atoms with Gasteiger partial charge in [-0.2, -0.15) is 0 Å². The molecule has 1 fully saturated rings. The number of carbonyl (C=O) groups is 2. The van der Waals surface area contributed by atoms with Crippen LogP contribution in [0.1, 0.15) is 22.5 Å². The van der Waals surface area contributed by atoms with Crippen molar-refractivity contribution in [2.45, 2.75) is 12.8 Å². The van der Waals surface area contributed by atoms with Crippen molar-refractivity contribution in [1.29, 1.82) is 0 Å². The van der Waals surface area contributed by atoms with E-state index in [0.717, 1.165) is 35.6 Å². The molecule has 2 aromatic heterocycles. The average Bonchev–Trinajstić information content (AvgIpc) is 3.08. The van der Waals surface area contributed by atoms with E-state index in [1.807, 2.05) is 54.6 Å². The first kappa shape index (κ1) is 29.6. The van der Waals surface area contributed by atoms with Gasteiger partial charge in [-0.15, -0.1) is 0 Å². The van der Waals surface area contributed by atoms with Crippen molar-refractivity contribution < 1.29 is 23.5 Å². The normalized spacial score (nSPS) is 14.1. The van der Waals surface area contributed by atoms with Gasteiger partial charge in [-0.25, -0.2) is 4.39 Å². The summed E-state index contributed by atoms with van der Waals surface area (Å²) in [6, 6.07) is 18.1. The minimum atomic E-state index is -0.830. The highest BCUT2D eigenvalue weighted by molar-refractivity contribution is 6.04. The van der Waals surface area contributed by atoms with E-state index in [-0.39, 0.29) is 40.2 Å². The smallest absolute Gasteiger partial charge is 0.259 e. The number of benzene rings is 3. The van der Waals surface area contributed by atoms with E-state index in [2.05, 4.69) is 15.2 Å². The van der Waals surface area contributed by atoms with Crippen molar-refractivity contribution >= 4 is 39.2 Å². The van der Waals surface area contributed by atoms with Crippen LogP contribution in [0.25, 0.3) is 27.4 Å². The van der Waals surface area contributed by atoms with Crippen molar-refractivity contribution in [3.8, 4) is 17.2 Å². The number of fused-ring (bicyclic) bond motifs is 3. The molecule has 10 nitrogen and oxygen atoms in total. The Morgan fingerprint density at radius 3 is 2.57 bits per heavy atom. The minimum absolute atomic E-state index is 0.0112. The molecule has 0 bridgehead atoms. The van der Waals surface area contributed by atoms with Crippen LogP contribution >= 0.6 is 0 Å². The molecule has 7 rings (SSSR count). The fourth-order valence-electron chi connectivity index (χ4n) is 5.99. The molecular weight excluding hydrogens is 589 g/mol. The van der Waals surface area contributed by atoms with Gasteiger partial charge in [0.15, 0.2) is 17.3 Å². The summed E-state index contributed by atoms with van der Waals surface area (Å²) in [5, 5.41) is 4.48. The lowest BCUT2D eigenvalue weighted by Gasteiger charge is -2.27.